The average Bonchev–Trinajstić information content (AvgIpc) is 2.27. The summed E-state index contributed by atoms with van der Waals surface area (Å²) in [6.45, 7) is 1.09. The molecule has 2 aliphatic rings. The largest absolute Gasteiger partial charge is 0.394 e. The molecular formula is C8H9NO5. The third kappa shape index (κ3) is 1.75. The maximum Gasteiger partial charge on any atom is 0.389 e. The molecule has 1 spiro atoms. The van der Waals surface area contributed by atoms with Crippen LogP contribution in [0.25, 0.3) is 0 Å². The molecule has 1 N–H and O–H groups in total. The number of carbonyl (C=O) groups is 2. The normalized spacial score (nSPS) is 25.4. The number of esters is 2. The van der Waals surface area contributed by atoms with Crippen molar-refractivity contribution < 1.29 is 23.8 Å². The molecule has 0 radical (unpaired) electrons. The van der Waals surface area contributed by atoms with E-state index in [0.717, 1.165) is 12.2 Å². The standard InChI is InChI=1S/C8H9NO5/c10-6-1-2-7(11)14-8(13-6)5-9-3-4-12-8/h1-2,9H,3-5H2. The van der Waals surface area contributed by atoms with Crippen molar-refractivity contribution in [1.29, 1.82) is 0 Å². The first kappa shape index (κ1) is 9.17. The molecule has 0 atom stereocenters. The van der Waals surface area contributed by atoms with E-state index in [-0.39, 0.29) is 6.54 Å². The van der Waals surface area contributed by atoms with Gasteiger partial charge in [0.2, 0.25) is 0 Å². The highest BCUT2D eigenvalue weighted by atomic mass is 16.9. The molecule has 2 rings (SSSR count). The number of hydrogen-bond acceptors (Lipinski definition) is 6. The van der Waals surface area contributed by atoms with E-state index in [1.165, 1.54) is 0 Å². The molecule has 0 aromatic heterocycles. The van der Waals surface area contributed by atoms with Crippen molar-refractivity contribution in [3.63, 3.8) is 0 Å². The number of morpholine rings is 1. The van der Waals surface area contributed by atoms with Gasteiger partial charge in [-0.15, -0.1) is 0 Å². The summed E-state index contributed by atoms with van der Waals surface area (Å²) >= 11 is 0. The molecule has 0 aromatic rings. The Balaban J connectivity index is 2.17. The monoisotopic (exact) mass is 199 g/mol. The van der Waals surface area contributed by atoms with Gasteiger partial charge >= 0.3 is 17.9 Å². The van der Waals surface area contributed by atoms with Crippen LogP contribution in [0.1, 0.15) is 0 Å². The predicted octanol–water partition coefficient (Wildman–Crippen LogP) is -1.08. The Kier molecular flexibility index (Phi) is 2.22. The van der Waals surface area contributed by atoms with Crippen LogP contribution >= 0.6 is 0 Å². The number of carbonyl (C=O) groups excluding carboxylic acids is 2. The van der Waals surface area contributed by atoms with Crippen molar-refractivity contribution in [3.05, 3.63) is 12.2 Å². The van der Waals surface area contributed by atoms with Gasteiger partial charge in [-0.2, -0.15) is 0 Å². The van der Waals surface area contributed by atoms with Crippen LogP contribution in [0.5, 0.6) is 0 Å². The highest BCUT2D eigenvalue weighted by Gasteiger charge is 2.42. The van der Waals surface area contributed by atoms with Crippen molar-refractivity contribution in [2.45, 2.75) is 5.97 Å². The van der Waals surface area contributed by atoms with Gasteiger partial charge in [0.15, 0.2) is 0 Å². The lowest BCUT2D eigenvalue weighted by Gasteiger charge is -2.33. The van der Waals surface area contributed by atoms with Gasteiger partial charge in [0.25, 0.3) is 0 Å². The molecule has 0 bridgehead atoms. The molecule has 14 heavy (non-hydrogen) atoms. The second kappa shape index (κ2) is 3.39. The lowest BCUT2D eigenvalue weighted by atomic mass is 10.4. The van der Waals surface area contributed by atoms with Gasteiger partial charge in [-0.1, -0.05) is 0 Å². The zero-order chi connectivity index (χ0) is 10.0. The van der Waals surface area contributed by atoms with Gasteiger partial charge in [0.1, 0.15) is 6.54 Å². The van der Waals surface area contributed by atoms with Crippen LogP contribution < -0.4 is 5.32 Å². The van der Waals surface area contributed by atoms with Crippen molar-refractivity contribution >= 4 is 11.9 Å². The minimum atomic E-state index is -1.59. The van der Waals surface area contributed by atoms with E-state index in [0.29, 0.717) is 13.2 Å². The average molecular weight is 199 g/mol. The summed E-state index contributed by atoms with van der Waals surface area (Å²) < 4.78 is 14.9. The minimum absolute atomic E-state index is 0.145. The molecule has 0 saturated carbocycles. The van der Waals surface area contributed by atoms with Crippen LogP contribution in [-0.2, 0) is 23.8 Å². The molecule has 1 fully saturated rings. The smallest absolute Gasteiger partial charge is 0.389 e. The van der Waals surface area contributed by atoms with E-state index in [4.69, 9.17) is 14.2 Å². The Morgan fingerprint density at radius 3 is 2.36 bits per heavy atom. The lowest BCUT2D eigenvalue weighted by molar-refractivity contribution is -0.345. The second-order valence-corrected chi connectivity index (χ2v) is 2.88. The summed E-state index contributed by atoms with van der Waals surface area (Å²) in [6, 6.07) is 0. The SMILES string of the molecule is O=C1C=CC(=O)OC2(CNCCO2)O1. The summed E-state index contributed by atoms with van der Waals surface area (Å²) in [4.78, 5) is 22.1. The Labute approximate surface area is 79.8 Å². The van der Waals surface area contributed by atoms with Gasteiger partial charge < -0.3 is 19.5 Å². The Bertz CT molecular complexity index is 270. The van der Waals surface area contributed by atoms with E-state index in [1.807, 2.05) is 0 Å². The van der Waals surface area contributed by atoms with Crippen LogP contribution in [0.2, 0.25) is 0 Å². The predicted molar refractivity (Wildman–Crippen MR) is 42.9 cm³/mol. The molecule has 0 unspecified atom stereocenters. The maximum absolute atomic E-state index is 11.1. The summed E-state index contributed by atoms with van der Waals surface area (Å²) in [5.41, 5.74) is 0. The number of ether oxygens (including phenoxy) is 3. The van der Waals surface area contributed by atoms with Gasteiger partial charge in [-0.3, -0.25) is 0 Å². The molecule has 6 heteroatoms. The fraction of sp³-hybridized carbons (Fsp3) is 0.500. The highest BCUT2D eigenvalue weighted by Crippen LogP contribution is 2.20. The van der Waals surface area contributed by atoms with Crippen LogP contribution in [0.4, 0.5) is 0 Å². The van der Waals surface area contributed by atoms with Crippen molar-refractivity contribution in [2.75, 3.05) is 19.7 Å². The zero-order valence-electron chi connectivity index (χ0n) is 7.32. The van der Waals surface area contributed by atoms with Gasteiger partial charge in [0.05, 0.1) is 6.61 Å². The molecule has 0 aromatic carbocycles. The van der Waals surface area contributed by atoms with Crippen LogP contribution in [-0.4, -0.2) is 37.6 Å². The second-order valence-electron chi connectivity index (χ2n) is 2.88. The first-order valence-corrected chi connectivity index (χ1v) is 4.19. The number of hydrogen-bond donors (Lipinski definition) is 1. The lowest BCUT2D eigenvalue weighted by Crippen LogP contribution is -2.54. The summed E-state index contributed by atoms with van der Waals surface area (Å²) in [7, 11) is 0. The molecule has 2 aliphatic heterocycles. The van der Waals surface area contributed by atoms with Crippen LogP contribution in [0, 0.1) is 0 Å². The van der Waals surface area contributed by atoms with Crippen molar-refractivity contribution in [1.82, 2.24) is 5.32 Å². The molecule has 1 saturated heterocycles. The molecule has 0 amide bonds. The maximum atomic E-state index is 11.1. The van der Waals surface area contributed by atoms with Crippen molar-refractivity contribution in [2.24, 2.45) is 0 Å². The fourth-order valence-corrected chi connectivity index (χ4v) is 1.23. The Morgan fingerprint density at radius 2 is 1.86 bits per heavy atom. The quantitative estimate of drug-likeness (QED) is 0.500. The van der Waals surface area contributed by atoms with E-state index in [1.54, 1.807) is 0 Å². The Morgan fingerprint density at radius 1 is 1.21 bits per heavy atom. The fourth-order valence-electron chi connectivity index (χ4n) is 1.23. The third-order valence-corrected chi connectivity index (χ3v) is 1.81. The number of nitrogens with one attached hydrogen (secondary N) is 1. The molecule has 2 heterocycles. The molecule has 6 nitrogen and oxygen atoms in total. The Hall–Kier alpha value is -1.40. The van der Waals surface area contributed by atoms with Crippen molar-refractivity contribution in [3.8, 4) is 0 Å². The summed E-state index contributed by atoms with van der Waals surface area (Å²) in [5.74, 6) is -2.89. The zero-order valence-corrected chi connectivity index (χ0v) is 7.32. The minimum Gasteiger partial charge on any atom is -0.394 e. The molecular weight excluding hydrogens is 190 g/mol. The molecule has 0 aliphatic carbocycles. The van der Waals surface area contributed by atoms with Gasteiger partial charge in [0, 0.05) is 18.7 Å². The number of rotatable bonds is 0. The van der Waals surface area contributed by atoms with Crippen LogP contribution in [0.3, 0.4) is 0 Å². The highest BCUT2D eigenvalue weighted by molar-refractivity contribution is 5.93. The van der Waals surface area contributed by atoms with Crippen LogP contribution in [0.15, 0.2) is 12.2 Å². The van der Waals surface area contributed by atoms with E-state index < -0.39 is 17.9 Å². The summed E-state index contributed by atoms with van der Waals surface area (Å²) in [5, 5.41) is 2.91. The topological polar surface area (TPSA) is 73.9 Å². The first-order valence-electron chi connectivity index (χ1n) is 4.19. The van der Waals surface area contributed by atoms with E-state index in [2.05, 4.69) is 5.32 Å². The van der Waals surface area contributed by atoms with E-state index in [9.17, 15) is 9.59 Å². The van der Waals surface area contributed by atoms with Gasteiger partial charge in [-0.25, -0.2) is 9.59 Å². The van der Waals surface area contributed by atoms with E-state index >= 15 is 0 Å². The first-order chi connectivity index (χ1) is 6.70. The molecule has 76 valence electrons. The van der Waals surface area contributed by atoms with Gasteiger partial charge in [-0.05, 0) is 0 Å². The third-order valence-electron chi connectivity index (χ3n) is 1.81. The summed E-state index contributed by atoms with van der Waals surface area (Å²) in [6.07, 6.45) is 2.02.